The summed E-state index contributed by atoms with van der Waals surface area (Å²) in [5, 5.41) is 0. The minimum absolute atomic E-state index is 0.169. The average molecular weight is 247 g/mol. The molecule has 1 aliphatic heterocycles. The Balaban J connectivity index is 1.76. The van der Waals surface area contributed by atoms with Gasteiger partial charge >= 0.3 is 6.09 Å². The lowest BCUT2D eigenvalue weighted by molar-refractivity contribution is 0.103. The van der Waals surface area contributed by atoms with Crippen LogP contribution in [0.1, 0.15) is 31.7 Å². The number of nitrogens with zero attached hydrogens (tertiary/aromatic N) is 1. The first-order valence-corrected chi connectivity index (χ1v) is 6.75. The summed E-state index contributed by atoms with van der Waals surface area (Å²) < 4.78 is 5.33. The molecule has 0 aliphatic carbocycles. The van der Waals surface area contributed by atoms with Gasteiger partial charge in [-0.2, -0.15) is 0 Å². The third kappa shape index (κ3) is 3.49. The van der Waals surface area contributed by atoms with E-state index in [1.807, 2.05) is 35.2 Å². The quantitative estimate of drug-likeness (QED) is 0.815. The maximum Gasteiger partial charge on any atom is 0.410 e. The third-order valence-electron chi connectivity index (χ3n) is 3.45. The molecule has 0 N–H and O–H groups in total. The van der Waals surface area contributed by atoms with Crippen molar-refractivity contribution in [3.63, 3.8) is 0 Å². The molecule has 0 aromatic heterocycles. The van der Waals surface area contributed by atoms with Crippen LogP contribution in [0.5, 0.6) is 0 Å². The number of carbonyl (C=O) groups is 1. The Hall–Kier alpha value is -1.51. The van der Waals surface area contributed by atoms with E-state index in [0.29, 0.717) is 12.5 Å². The molecule has 1 amide bonds. The fraction of sp³-hybridized carbons (Fsp3) is 0.533. The van der Waals surface area contributed by atoms with Crippen molar-refractivity contribution < 1.29 is 9.53 Å². The molecule has 3 heteroatoms. The summed E-state index contributed by atoms with van der Waals surface area (Å²) in [7, 11) is 0. The monoisotopic (exact) mass is 247 g/mol. The largest absolute Gasteiger partial charge is 0.445 e. The van der Waals surface area contributed by atoms with E-state index in [9.17, 15) is 4.79 Å². The minimum atomic E-state index is -0.169. The number of likely N-dealkylation sites (tertiary alicyclic amines) is 1. The van der Waals surface area contributed by atoms with E-state index in [2.05, 4.69) is 6.92 Å². The summed E-state index contributed by atoms with van der Waals surface area (Å²) in [5.41, 5.74) is 1.04. The maximum absolute atomic E-state index is 11.9. The van der Waals surface area contributed by atoms with Gasteiger partial charge in [0.25, 0.3) is 0 Å². The first-order valence-electron chi connectivity index (χ1n) is 6.75. The molecule has 1 atom stereocenters. The van der Waals surface area contributed by atoms with Crippen molar-refractivity contribution in [1.82, 2.24) is 4.90 Å². The molecule has 2 rings (SSSR count). The Morgan fingerprint density at radius 2 is 2.17 bits per heavy atom. The number of ether oxygens (including phenoxy) is 1. The number of carbonyl (C=O) groups excluding carboxylic acids is 1. The zero-order valence-electron chi connectivity index (χ0n) is 11.0. The number of benzene rings is 1. The van der Waals surface area contributed by atoms with Crippen molar-refractivity contribution in [1.29, 1.82) is 0 Å². The number of amides is 1. The second-order valence-corrected chi connectivity index (χ2v) is 4.93. The van der Waals surface area contributed by atoms with Crippen LogP contribution in [-0.2, 0) is 11.3 Å². The van der Waals surface area contributed by atoms with Crippen LogP contribution in [0, 0.1) is 5.92 Å². The topological polar surface area (TPSA) is 29.5 Å². The predicted octanol–water partition coefficient (Wildman–Crippen LogP) is 3.45. The van der Waals surface area contributed by atoms with Gasteiger partial charge in [0.1, 0.15) is 6.61 Å². The summed E-state index contributed by atoms with van der Waals surface area (Å²) in [5.74, 6) is 0.666. The third-order valence-corrected chi connectivity index (χ3v) is 3.45. The Morgan fingerprint density at radius 1 is 1.39 bits per heavy atom. The molecule has 18 heavy (non-hydrogen) atoms. The fourth-order valence-corrected chi connectivity index (χ4v) is 2.45. The van der Waals surface area contributed by atoms with E-state index in [1.54, 1.807) is 0 Å². The van der Waals surface area contributed by atoms with Gasteiger partial charge in [-0.25, -0.2) is 4.79 Å². The SMILES string of the molecule is CCC[C@@H]1CCN(C(=O)OCc2ccccc2)C1. The van der Waals surface area contributed by atoms with Crippen molar-refractivity contribution in [2.75, 3.05) is 13.1 Å². The van der Waals surface area contributed by atoms with E-state index in [4.69, 9.17) is 4.74 Å². The van der Waals surface area contributed by atoms with Crippen molar-refractivity contribution in [2.45, 2.75) is 32.8 Å². The van der Waals surface area contributed by atoms with Crippen molar-refractivity contribution in [3.05, 3.63) is 35.9 Å². The molecule has 1 aromatic carbocycles. The van der Waals surface area contributed by atoms with Crippen LogP contribution in [0.4, 0.5) is 4.79 Å². The van der Waals surface area contributed by atoms with Crippen LogP contribution in [0.25, 0.3) is 0 Å². The molecular weight excluding hydrogens is 226 g/mol. The standard InChI is InChI=1S/C15H21NO2/c1-2-6-13-9-10-16(11-13)15(17)18-12-14-7-4-3-5-8-14/h3-5,7-8,13H,2,6,9-12H2,1H3/t13-/m1/s1. The summed E-state index contributed by atoms with van der Waals surface area (Å²) in [6.07, 6.45) is 3.35. The lowest BCUT2D eigenvalue weighted by Crippen LogP contribution is -2.29. The molecule has 1 fully saturated rings. The molecule has 98 valence electrons. The van der Waals surface area contributed by atoms with Crippen LogP contribution in [-0.4, -0.2) is 24.1 Å². The van der Waals surface area contributed by atoms with Crippen molar-refractivity contribution in [2.24, 2.45) is 5.92 Å². The molecule has 0 radical (unpaired) electrons. The summed E-state index contributed by atoms with van der Waals surface area (Å²) in [6, 6.07) is 9.81. The van der Waals surface area contributed by atoms with Crippen molar-refractivity contribution >= 4 is 6.09 Å². The Labute approximate surface area is 109 Å². The first-order chi connectivity index (χ1) is 8.79. The highest BCUT2D eigenvalue weighted by Crippen LogP contribution is 2.21. The highest BCUT2D eigenvalue weighted by Gasteiger charge is 2.26. The van der Waals surface area contributed by atoms with Gasteiger partial charge in [-0.05, 0) is 24.3 Å². The number of hydrogen-bond acceptors (Lipinski definition) is 2. The van der Waals surface area contributed by atoms with Gasteiger partial charge in [0.15, 0.2) is 0 Å². The second-order valence-electron chi connectivity index (χ2n) is 4.93. The average Bonchev–Trinajstić information content (AvgIpc) is 2.86. The van der Waals surface area contributed by atoms with E-state index in [-0.39, 0.29) is 6.09 Å². The molecule has 1 aromatic rings. The first kappa shape index (κ1) is 12.9. The molecule has 0 bridgehead atoms. The van der Waals surface area contributed by atoms with Crippen LogP contribution in [0.2, 0.25) is 0 Å². The van der Waals surface area contributed by atoms with E-state index in [1.165, 1.54) is 12.8 Å². The van der Waals surface area contributed by atoms with Gasteiger partial charge in [-0.1, -0.05) is 43.7 Å². The van der Waals surface area contributed by atoms with Gasteiger partial charge < -0.3 is 9.64 Å². The minimum Gasteiger partial charge on any atom is -0.445 e. The summed E-state index contributed by atoms with van der Waals surface area (Å²) in [6.45, 7) is 4.27. The van der Waals surface area contributed by atoms with Gasteiger partial charge in [0.05, 0.1) is 0 Å². The van der Waals surface area contributed by atoms with Gasteiger partial charge in [-0.3, -0.25) is 0 Å². The molecule has 0 unspecified atom stereocenters. The molecule has 1 saturated heterocycles. The Kier molecular flexibility index (Phi) is 4.62. The van der Waals surface area contributed by atoms with Crippen LogP contribution < -0.4 is 0 Å². The normalized spacial score (nSPS) is 18.9. The molecule has 1 heterocycles. The van der Waals surface area contributed by atoms with E-state index in [0.717, 1.165) is 25.1 Å². The molecule has 0 spiro atoms. The highest BCUT2D eigenvalue weighted by atomic mass is 16.6. The molecule has 1 aliphatic rings. The van der Waals surface area contributed by atoms with Crippen LogP contribution >= 0.6 is 0 Å². The lowest BCUT2D eigenvalue weighted by atomic mass is 10.0. The predicted molar refractivity (Wildman–Crippen MR) is 71.2 cm³/mol. The Morgan fingerprint density at radius 3 is 2.89 bits per heavy atom. The molecular formula is C15H21NO2. The summed E-state index contributed by atoms with van der Waals surface area (Å²) >= 11 is 0. The maximum atomic E-state index is 11.9. The van der Waals surface area contributed by atoms with E-state index < -0.39 is 0 Å². The second kappa shape index (κ2) is 6.43. The zero-order valence-corrected chi connectivity index (χ0v) is 11.0. The lowest BCUT2D eigenvalue weighted by Gasteiger charge is -2.16. The number of hydrogen-bond donors (Lipinski definition) is 0. The van der Waals surface area contributed by atoms with Gasteiger partial charge in [-0.15, -0.1) is 0 Å². The molecule has 0 saturated carbocycles. The van der Waals surface area contributed by atoms with Gasteiger partial charge in [0, 0.05) is 13.1 Å². The van der Waals surface area contributed by atoms with E-state index >= 15 is 0 Å². The number of rotatable bonds is 4. The fourth-order valence-electron chi connectivity index (χ4n) is 2.45. The highest BCUT2D eigenvalue weighted by molar-refractivity contribution is 5.68. The smallest absolute Gasteiger partial charge is 0.410 e. The van der Waals surface area contributed by atoms with Gasteiger partial charge in [0.2, 0.25) is 0 Å². The molecule has 3 nitrogen and oxygen atoms in total. The van der Waals surface area contributed by atoms with Crippen LogP contribution in [0.15, 0.2) is 30.3 Å². The summed E-state index contributed by atoms with van der Waals surface area (Å²) in [4.78, 5) is 13.7. The zero-order chi connectivity index (χ0) is 12.8. The van der Waals surface area contributed by atoms with Crippen LogP contribution in [0.3, 0.4) is 0 Å². The van der Waals surface area contributed by atoms with Crippen molar-refractivity contribution in [3.8, 4) is 0 Å². The Bertz CT molecular complexity index is 377.